The van der Waals surface area contributed by atoms with Crippen LogP contribution < -0.4 is 10.1 Å². The summed E-state index contributed by atoms with van der Waals surface area (Å²) in [4.78, 5) is 2.19. The van der Waals surface area contributed by atoms with Crippen molar-refractivity contribution in [2.24, 2.45) is 0 Å². The third-order valence-electron chi connectivity index (χ3n) is 4.86. The number of ether oxygens (including phenoxy) is 2. The summed E-state index contributed by atoms with van der Waals surface area (Å²) in [5.41, 5.74) is 3.50. The van der Waals surface area contributed by atoms with Crippen molar-refractivity contribution in [1.82, 2.24) is 4.90 Å². The third kappa shape index (κ3) is 5.68. The first-order valence-electron chi connectivity index (χ1n) is 9.57. The second-order valence-corrected chi connectivity index (χ2v) is 7.23. The lowest BCUT2D eigenvalue weighted by atomic mass is 10.1. The summed E-state index contributed by atoms with van der Waals surface area (Å²) >= 11 is 5.74. The fourth-order valence-electron chi connectivity index (χ4n) is 3.27. The van der Waals surface area contributed by atoms with E-state index in [-0.39, 0.29) is 6.10 Å². The van der Waals surface area contributed by atoms with Gasteiger partial charge >= 0.3 is 0 Å². The van der Waals surface area contributed by atoms with Gasteiger partial charge in [0.25, 0.3) is 0 Å². The Morgan fingerprint density at radius 1 is 1.22 bits per heavy atom. The summed E-state index contributed by atoms with van der Waals surface area (Å²) in [6.07, 6.45) is 3.47. The van der Waals surface area contributed by atoms with Crippen LogP contribution in [0.4, 0.5) is 5.69 Å². The first-order valence-corrected chi connectivity index (χ1v) is 9.98. The predicted octanol–water partition coefficient (Wildman–Crippen LogP) is 4.64. The molecule has 27 heavy (non-hydrogen) atoms. The first-order chi connectivity index (χ1) is 13.2. The van der Waals surface area contributed by atoms with Gasteiger partial charge in [0.15, 0.2) is 5.11 Å². The van der Waals surface area contributed by atoms with Crippen molar-refractivity contribution in [2.75, 3.05) is 25.6 Å². The Kier molecular flexibility index (Phi) is 7.07. The van der Waals surface area contributed by atoms with E-state index in [0.29, 0.717) is 0 Å². The van der Waals surface area contributed by atoms with Gasteiger partial charge in [-0.1, -0.05) is 31.2 Å². The second-order valence-electron chi connectivity index (χ2n) is 6.85. The summed E-state index contributed by atoms with van der Waals surface area (Å²) in [6, 6.07) is 16.6. The number of nitrogens with zero attached hydrogens (tertiary/aromatic N) is 1. The molecule has 1 fully saturated rings. The number of thiocarbonyl (C=S) groups is 1. The fourth-order valence-corrected chi connectivity index (χ4v) is 3.53. The Morgan fingerprint density at radius 3 is 2.70 bits per heavy atom. The Balaban J connectivity index is 1.71. The van der Waals surface area contributed by atoms with E-state index < -0.39 is 0 Å². The number of rotatable bonds is 7. The van der Waals surface area contributed by atoms with Crippen LogP contribution in [0.15, 0.2) is 48.5 Å². The third-order valence-corrected chi connectivity index (χ3v) is 5.22. The molecular weight excluding hydrogens is 356 g/mol. The first kappa shape index (κ1) is 19.6. The molecule has 1 saturated heterocycles. The average Bonchev–Trinajstić information content (AvgIpc) is 3.21. The topological polar surface area (TPSA) is 33.7 Å². The van der Waals surface area contributed by atoms with Crippen molar-refractivity contribution in [3.63, 3.8) is 0 Å². The van der Waals surface area contributed by atoms with Crippen molar-refractivity contribution in [2.45, 2.75) is 38.8 Å². The lowest BCUT2D eigenvalue weighted by Crippen LogP contribution is -2.39. The van der Waals surface area contributed by atoms with Crippen molar-refractivity contribution in [3.05, 3.63) is 59.7 Å². The average molecular weight is 385 g/mol. The van der Waals surface area contributed by atoms with Crippen molar-refractivity contribution in [1.29, 1.82) is 0 Å². The highest BCUT2D eigenvalue weighted by molar-refractivity contribution is 7.80. The van der Waals surface area contributed by atoms with E-state index in [1.165, 1.54) is 5.56 Å². The van der Waals surface area contributed by atoms with Crippen LogP contribution in [0, 0.1) is 0 Å². The van der Waals surface area contributed by atoms with Crippen molar-refractivity contribution >= 4 is 23.0 Å². The quantitative estimate of drug-likeness (QED) is 0.704. The van der Waals surface area contributed by atoms with E-state index >= 15 is 0 Å². The summed E-state index contributed by atoms with van der Waals surface area (Å²) < 4.78 is 11.2. The monoisotopic (exact) mass is 384 g/mol. The molecular formula is C22H28N2O2S. The van der Waals surface area contributed by atoms with Crippen LogP contribution in [-0.2, 0) is 17.7 Å². The molecule has 1 heterocycles. The maximum Gasteiger partial charge on any atom is 0.173 e. The van der Waals surface area contributed by atoms with E-state index in [2.05, 4.69) is 53.5 Å². The summed E-state index contributed by atoms with van der Waals surface area (Å²) in [5, 5.41) is 4.11. The van der Waals surface area contributed by atoms with E-state index in [4.69, 9.17) is 21.7 Å². The van der Waals surface area contributed by atoms with Gasteiger partial charge in [-0.25, -0.2) is 0 Å². The molecule has 1 N–H and O–H groups in total. The zero-order valence-electron chi connectivity index (χ0n) is 16.1. The smallest absolute Gasteiger partial charge is 0.173 e. The number of hydrogen-bond acceptors (Lipinski definition) is 3. The number of methoxy groups -OCH3 is 1. The van der Waals surface area contributed by atoms with Crippen molar-refractivity contribution < 1.29 is 9.47 Å². The molecule has 2 aromatic rings. The molecule has 4 nitrogen and oxygen atoms in total. The molecule has 0 radical (unpaired) electrons. The van der Waals surface area contributed by atoms with Crippen LogP contribution in [0.3, 0.4) is 0 Å². The summed E-state index contributed by atoms with van der Waals surface area (Å²) in [6.45, 7) is 4.51. The molecule has 1 aliphatic rings. The van der Waals surface area contributed by atoms with E-state index in [1.807, 2.05) is 12.1 Å². The molecule has 0 aromatic heterocycles. The Morgan fingerprint density at radius 2 is 2.04 bits per heavy atom. The molecule has 1 atom stereocenters. The highest BCUT2D eigenvalue weighted by Gasteiger charge is 2.21. The van der Waals surface area contributed by atoms with E-state index in [9.17, 15) is 0 Å². The number of benzene rings is 2. The van der Waals surface area contributed by atoms with Crippen LogP contribution in [-0.4, -0.2) is 36.4 Å². The molecule has 2 aromatic carbocycles. The van der Waals surface area contributed by atoms with E-state index in [1.54, 1.807) is 7.11 Å². The molecule has 0 spiro atoms. The molecule has 3 rings (SSSR count). The maximum atomic E-state index is 5.84. The maximum absolute atomic E-state index is 5.84. The normalized spacial score (nSPS) is 16.1. The van der Waals surface area contributed by atoms with Gasteiger partial charge < -0.3 is 19.7 Å². The van der Waals surface area contributed by atoms with Gasteiger partial charge in [0, 0.05) is 25.4 Å². The van der Waals surface area contributed by atoms with Gasteiger partial charge in [-0.15, -0.1) is 0 Å². The minimum atomic E-state index is 0.234. The molecule has 5 heteroatoms. The number of nitrogens with one attached hydrogen (secondary N) is 1. The summed E-state index contributed by atoms with van der Waals surface area (Å²) in [7, 11) is 1.69. The van der Waals surface area contributed by atoms with Gasteiger partial charge in [0.05, 0.1) is 13.2 Å². The predicted molar refractivity (Wildman–Crippen MR) is 114 cm³/mol. The molecule has 1 unspecified atom stereocenters. The van der Waals surface area contributed by atoms with Gasteiger partial charge in [-0.05, 0) is 66.9 Å². The Bertz CT molecular complexity index is 742. The van der Waals surface area contributed by atoms with E-state index in [0.717, 1.165) is 61.1 Å². The minimum Gasteiger partial charge on any atom is -0.497 e. The SMILES string of the molecule is CCc1ccc(NC(=S)N(Cc2cccc(OC)c2)CC2CCCO2)cc1. The summed E-state index contributed by atoms with van der Waals surface area (Å²) in [5.74, 6) is 0.860. The number of aryl methyl sites for hydroxylation is 1. The molecule has 144 valence electrons. The molecule has 0 bridgehead atoms. The highest BCUT2D eigenvalue weighted by atomic mass is 32.1. The minimum absolute atomic E-state index is 0.234. The lowest BCUT2D eigenvalue weighted by molar-refractivity contribution is 0.0905. The van der Waals surface area contributed by atoms with Crippen LogP contribution in [0.1, 0.15) is 30.9 Å². The molecule has 0 amide bonds. The van der Waals surface area contributed by atoms with Crippen LogP contribution in [0.5, 0.6) is 5.75 Å². The van der Waals surface area contributed by atoms with Gasteiger partial charge in [-0.3, -0.25) is 0 Å². The molecule has 1 aliphatic heterocycles. The van der Waals surface area contributed by atoms with Crippen LogP contribution in [0.2, 0.25) is 0 Å². The number of hydrogen-bond donors (Lipinski definition) is 1. The molecule has 0 saturated carbocycles. The Labute approximate surface area is 167 Å². The van der Waals surface area contributed by atoms with Crippen LogP contribution in [0.25, 0.3) is 0 Å². The molecule has 0 aliphatic carbocycles. The largest absolute Gasteiger partial charge is 0.497 e. The second kappa shape index (κ2) is 9.72. The standard InChI is InChI=1S/C22H28N2O2S/c1-3-17-9-11-19(12-10-17)23-22(27)24(16-21-8-5-13-26-21)15-18-6-4-7-20(14-18)25-2/h4,6-7,9-12,14,21H,3,5,8,13,15-16H2,1-2H3,(H,23,27). The van der Waals surface area contributed by atoms with Gasteiger partial charge in [0.2, 0.25) is 0 Å². The number of anilines is 1. The zero-order valence-corrected chi connectivity index (χ0v) is 16.9. The Hall–Kier alpha value is -2.11. The zero-order chi connectivity index (χ0) is 19.1. The fraction of sp³-hybridized carbons (Fsp3) is 0.409. The van der Waals surface area contributed by atoms with Crippen molar-refractivity contribution in [3.8, 4) is 5.75 Å². The lowest BCUT2D eigenvalue weighted by Gasteiger charge is -2.28. The van der Waals surface area contributed by atoms with Gasteiger partial charge in [-0.2, -0.15) is 0 Å². The van der Waals surface area contributed by atoms with Gasteiger partial charge in [0.1, 0.15) is 5.75 Å². The van der Waals surface area contributed by atoms with Crippen LogP contribution >= 0.6 is 12.2 Å². The highest BCUT2D eigenvalue weighted by Crippen LogP contribution is 2.19.